The monoisotopic (exact) mass is 482 g/mol. The maximum atomic E-state index is 11.5. The average molecular weight is 483 g/mol. The van der Waals surface area contributed by atoms with Crippen molar-refractivity contribution < 1.29 is 14.3 Å². The van der Waals surface area contributed by atoms with Crippen LogP contribution in [0.25, 0.3) is 11.0 Å². The largest absolute Gasteiger partial charge is 0.481 e. The third kappa shape index (κ3) is 5.06. The lowest BCUT2D eigenvalue weighted by Crippen LogP contribution is -2.47. The molecule has 0 saturated carbocycles. The number of piperidine rings is 1. The minimum absolute atomic E-state index is 0.0372. The van der Waals surface area contributed by atoms with E-state index in [0.717, 1.165) is 54.5 Å². The van der Waals surface area contributed by atoms with E-state index < -0.39 is 0 Å². The number of ether oxygens (including phenoxy) is 2. The summed E-state index contributed by atoms with van der Waals surface area (Å²) in [6, 6.07) is 8.27. The molecule has 0 unspecified atom stereocenters. The van der Waals surface area contributed by atoms with Crippen molar-refractivity contribution in [3.05, 3.63) is 46.7 Å². The summed E-state index contributed by atoms with van der Waals surface area (Å²) in [6.07, 6.45) is 5.63. The topological polar surface area (TPSA) is 110 Å². The van der Waals surface area contributed by atoms with Crippen LogP contribution in [-0.4, -0.2) is 53.2 Å². The molecule has 0 aliphatic carbocycles. The lowest BCUT2D eigenvalue weighted by Gasteiger charge is -2.31. The number of fused-ring (bicyclic) bond motifs is 2. The van der Waals surface area contributed by atoms with Crippen molar-refractivity contribution in [3.63, 3.8) is 0 Å². The van der Waals surface area contributed by atoms with Crippen molar-refractivity contribution in [2.24, 2.45) is 0 Å². The number of anilines is 1. The lowest BCUT2D eigenvalue weighted by atomic mass is 9.95. The van der Waals surface area contributed by atoms with E-state index >= 15 is 0 Å². The zero-order valence-electron chi connectivity index (χ0n) is 18.9. The van der Waals surface area contributed by atoms with Crippen molar-refractivity contribution >= 4 is 34.4 Å². The summed E-state index contributed by atoms with van der Waals surface area (Å²) in [5.74, 6) is 1.49. The minimum atomic E-state index is -0.177. The Morgan fingerprint density at radius 3 is 2.97 bits per heavy atom. The lowest BCUT2D eigenvalue weighted by molar-refractivity contribution is -0.118. The highest BCUT2D eigenvalue weighted by Crippen LogP contribution is 2.28. The number of nitrogens with one attached hydrogen (secondary N) is 3. The molecule has 5 rings (SSSR count). The van der Waals surface area contributed by atoms with Crippen molar-refractivity contribution in [3.8, 4) is 11.6 Å². The first-order chi connectivity index (χ1) is 16.6. The fourth-order valence-corrected chi connectivity index (χ4v) is 4.67. The first-order valence-electron chi connectivity index (χ1n) is 11.5. The average Bonchev–Trinajstić information content (AvgIpc) is 2.87. The molecule has 0 spiro atoms. The number of rotatable bonds is 7. The fraction of sp³-hybridized carbons (Fsp3) is 0.417. The van der Waals surface area contributed by atoms with E-state index in [1.165, 1.54) is 0 Å². The van der Waals surface area contributed by atoms with Gasteiger partial charge in [0, 0.05) is 43.0 Å². The Kier molecular flexibility index (Phi) is 6.75. The molecule has 3 aromatic rings. The Labute approximate surface area is 202 Å². The van der Waals surface area contributed by atoms with E-state index in [0.29, 0.717) is 41.1 Å². The second-order valence-electron chi connectivity index (χ2n) is 8.59. The Hall–Kier alpha value is -3.01. The molecule has 5 heterocycles. The van der Waals surface area contributed by atoms with Gasteiger partial charge in [-0.2, -0.15) is 0 Å². The first-order valence-corrected chi connectivity index (χ1v) is 11.8. The second kappa shape index (κ2) is 10.1. The van der Waals surface area contributed by atoms with Gasteiger partial charge in [-0.25, -0.2) is 9.97 Å². The molecular weight excluding hydrogens is 456 g/mol. The van der Waals surface area contributed by atoms with Gasteiger partial charge in [0.2, 0.25) is 5.88 Å². The molecule has 178 valence electrons. The van der Waals surface area contributed by atoms with E-state index in [-0.39, 0.29) is 12.5 Å². The zero-order valence-corrected chi connectivity index (χ0v) is 19.7. The van der Waals surface area contributed by atoms with Crippen LogP contribution in [0.5, 0.6) is 11.6 Å². The molecule has 0 bridgehead atoms. The van der Waals surface area contributed by atoms with Gasteiger partial charge in [0.1, 0.15) is 0 Å². The predicted molar refractivity (Wildman–Crippen MR) is 129 cm³/mol. The van der Waals surface area contributed by atoms with Gasteiger partial charge in [0.25, 0.3) is 5.91 Å². The van der Waals surface area contributed by atoms with Crippen molar-refractivity contribution in [2.45, 2.75) is 44.3 Å². The van der Waals surface area contributed by atoms with Crippen LogP contribution in [0.3, 0.4) is 0 Å². The van der Waals surface area contributed by atoms with E-state index in [4.69, 9.17) is 21.1 Å². The van der Waals surface area contributed by atoms with Crippen LogP contribution in [-0.2, 0) is 17.8 Å². The normalized spacial score (nSPS) is 19.9. The standard InChI is InChI=1S/C24H27ClN6O3/c1-33-22-9-7-19-23(31-22)17(18(25)12-28-19)6-4-14-2-3-15(10-26-14)27-11-16-5-8-20-24(29-16)30-21(32)13-34-20/h5,7-9,12,14-15,26-27H,2-4,6,10-11,13H2,1H3,(H,29,30,32)/t14-,15-/m0/s1. The number of methoxy groups -OCH3 is 1. The molecule has 3 N–H and O–H groups in total. The number of carbonyl (C=O) groups excluding carboxylic acids is 1. The third-order valence-electron chi connectivity index (χ3n) is 6.31. The number of carbonyl (C=O) groups is 1. The molecule has 1 fully saturated rings. The maximum absolute atomic E-state index is 11.5. The van der Waals surface area contributed by atoms with Crippen LogP contribution < -0.4 is 25.4 Å². The molecule has 2 aliphatic heterocycles. The van der Waals surface area contributed by atoms with E-state index in [9.17, 15) is 4.79 Å². The summed E-state index contributed by atoms with van der Waals surface area (Å²) in [5.41, 5.74) is 3.51. The first kappa shape index (κ1) is 22.8. The van der Waals surface area contributed by atoms with Gasteiger partial charge in [0.15, 0.2) is 18.2 Å². The number of aryl methyl sites for hydroxylation is 1. The smallest absolute Gasteiger partial charge is 0.263 e. The summed E-state index contributed by atoms with van der Waals surface area (Å²) in [5, 5.41) is 10.6. The molecule has 10 heteroatoms. The van der Waals surface area contributed by atoms with Crippen LogP contribution >= 0.6 is 11.6 Å². The highest BCUT2D eigenvalue weighted by molar-refractivity contribution is 6.32. The van der Waals surface area contributed by atoms with Gasteiger partial charge in [-0.15, -0.1) is 0 Å². The summed E-state index contributed by atoms with van der Waals surface area (Å²) in [6.45, 7) is 1.55. The third-order valence-corrected chi connectivity index (χ3v) is 6.64. The molecule has 2 atom stereocenters. The molecule has 0 radical (unpaired) electrons. The molecule has 3 aromatic heterocycles. The highest BCUT2D eigenvalue weighted by atomic mass is 35.5. The summed E-state index contributed by atoms with van der Waals surface area (Å²) in [4.78, 5) is 25.0. The van der Waals surface area contributed by atoms with Crippen LogP contribution in [0.15, 0.2) is 30.5 Å². The molecular formula is C24H27ClN6O3. The Morgan fingerprint density at radius 1 is 1.24 bits per heavy atom. The van der Waals surface area contributed by atoms with E-state index in [2.05, 4.69) is 30.9 Å². The van der Waals surface area contributed by atoms with Crippen LogP contribution in [0.2, 0.25) is 5.02 Å². The number of pyridine rings is 3. The number of hydrogen-bond acceptors (Lipinski definition) is 8. The number of hydrogen-bond donors (Lipinski definition) is 3. The van der Waals surface area contributed by atoms with E-state index in [1.807, 2.05) is 24.3 Å². The summed E-state index contributed by atoms with van der Waals surface area (Å²) in [7, 11) is 1.61. The Bertz CT molecular complexity index is 1200. The maximum Gasteiger partial charge on any atom is 0.263 e. The van der Waals surface area contributed by atoms with Crippen molar-refractivity contribution in [1.82, 2.24) is 25.6 Å². The quantitative estimate of drug-likeness (QED) is 0.471. The van der Waals surface area contributed by atoms with Gasteiger partial charge in [-0.05, 0) is 43.9 Å². The molecule has 1 saturated heterocycles. The summed E-state index contributed by atoms with van der Waals surface area (Å²) >= 11 is 6.48. The SMILES string of the molecule is COc1ccc2ncc(Cl)c(CC[C@@H]3CC[C@H](NCc4ccc5c(n4)NC(=O)CO5)CN3)c2n1. The number of amides is 1. The zero-order chi connectivity index (χ0) is 23.5. The van der Waals surface area contributed by atoms with Gasteiger partial charge >= 0.3 is 0 Å². The minimum Gasteiger partial charge on any atom is -0.481 e. The number of aromatic nitrogens is 3. The fourth-order valence-electron chi connectivity index (χ4n) is 4.44. The number of nitrogens with zero attached hydrogens (tertiary/aromatic N) is 3. The van der Waals surface area contributed by atoms with E-state index in [1.54, 1.807) is 13.3 Å². The van der Waals surface area contributed by atoms with Crippen LogP contribution in [0, 0.1) is 0 Å². The van der Waals surface area contributed by atoms with Gasteiger partial charge in [0.05, 0.1) is 28.9 Å². The molecule has 9 nitrogen and oxygen atoms in total. The predicted octanol–water partition coefficient (Wildman–Crippen LogP) is 2.86. The highest BCUT2D eigenvalue weighted by Gasteiger charge is 2.22. The van der Waals surface area contributed by atoms with Crippen LogP contribution in [0.4, 0.5) is 5.82 Å². The van der Waals surface area contributed by atoms with Gasteiger partial charge < -0.3 is 25.4 Å². The van der Waals surface area contributed by atoms with Crippen LogP contribution in [0.1, 0.15) is 30.5 Å². The van der Waals surface area contributed by atoms with Gasteiger partial charge in [-0.1, -0.05) is 11.6 Å². The Morgan fingerprint density at radius 2 is 2.15 bits per heavy atom. The van der Waals surface area contributed by atoms with Crippen molar-refractivity contribution in [1.29, 1.82) is 0 Å². The van der Waals surface area contributed by atoms with Gasteiger partial charge in [-0.3, -0.25) is 9.78 Å². The Balaban J connectivity index is 1.13. The molecule has 2 aliphatic rings. The molecule has 34 heavy (non-hydrogen) atoms. The number of halogens is 1. The summed E-state index contributed by atoms with van der Waals surface area (Å²) < 4.78 is 10.6. The molecule has 0 aromatic carbocycles. The molecule has 1 amide bonds. The van der Waals surface area contributed by atoms with Crippen molar-refractivity contribution in [2.75, 3.05) is 25.6 Å². The second-order valence-corrected chi connectivity index (χ2v) is 9.00.